The fraction of sp³-hybridized carbons (Fsp3) is 0.600. The number of rotatable bonds is 2. The van der Waals surface area contributed by atoms with Gasteiger partial charge in [-0.1, -0.05) is 23.7 Å². The second-order valence-corrected chi connectivity index (χ2v) is 6.08. The third-order valence-electron chi connectivity index (χ3n) is 4.34. The van der Waals surface area contributed by atoms with Crippen LogP contribution >= 0.6 is 11.6 Å². The average Bonchev–Trinajstić information content (AvgIpc) is 2.89. The lowest BCUT2D eigenvalue weighted by Crippen LogP contribution is -2.42. The van der Waals surface area contributed by atoms with Gasteiger partial charge in [0.1, 0.15) is 5.82 Å². The second-order valence-electron chi connectivity index (χ2n) is 5.67. The van der Waals surface area contributed by atoms with Crippen LogP contribution in [-0.4, -0.2) is 30.5 Å². The maximum atomic E-state index is 14.0. The number of hydrogen-bond donors (Lipinski definition) is 1. The van der Waals surface area contributed by atoms with E-state index in [1.807, 2.05) is 0 Å². The van der Waals surface area contributed by atoms with Gasteiger partial charge in [0, 0.05) is 25.2 Å². The van der Waals surface area contributed by atoms with Crippen molar-refractivity contribution in [3.63, 3.8) is 0 Å². The SMILES string of the molecule is OC(c1cccc(Cl)c1F)C1CCOC2(CCOC2)C1. The minimum atomic E-state index is -0.852. The fourth-order valence-electron chi connectivity index (χ4n) is 3.20. The van der Waals surface area contributed by atoms with Crippen LogP contribution < -0.4 is 0 Å². The molecule has 2 fully saturated rings. The Balaban J connectivity index is 1.79. The Bertz CT molecular complexity index is 488. The summed E-state index contributed by atoms with van der Waals surface area (Å²) in [6.07, 6.45) is 1.40. The summed E-state index contributed by atoms with van der Waals surface area (Å²) in [5.74, 6) is -0.553. The summed E-state index contributed by atoms with van der Waals surface area (Å²) in [7, 11) is 0. The van der Waals surface area contributed by atoms with Crippen molar-refractivity contribution in [2.45, 2.75) is 31.0 Å². The van der Waals surface area contributed by atoms with Crippen molar-refractivity contribution in [3.05, 3.63) is 34.6 Å². The zero-order valence-electron chi connectivity index (χ0n) is 11.1. The summed E-state index contributed by atoms with van der Waals surface area (Å²) in [4.78, 5) is 0. The highest BCUT2D eigenvalue weighted by Gasteiger charge is 2.43. The standard InChI is InChI=1S/C15H18ClFO3/c16-12-3-1-2-11(13(12)17)14(18)10-4-6-20-15(8-10)5-7-19-9-15/h1-3,10,14,18H,4-9H2. The first-order valence-corrected chi connectivity index (χ1v) is 7.33. The zero-order valence-corrected chi connectivity index (χ0v) is 11.9. The van der Waals surface area contributed by atoms with Crippen LogP contribution in [0.15, 0.2) is 18.2 Å². The molecule has 5 heteroatoms. The highest BCUT2D eigenvalue weighted by Crippen LogP contribution is 2.41. The molecular weight excluding hydrogens is 283 g/mol. The normalized spacial score (nSPS) is 31.6. The molecule has 0 radical (unpaired) electrons. The van der Waals surface area contributed by atoms with Gasteiger partial charge in [-0.3, -0.25) is 0 Å². The zero-order chi connectivity index (χ0) is 14.2. The molecule has 1 aromatic rings. The highest BCUT2D eigenvalue weighted by atomic mass is 35.5. The summed E-state index contributed by atoms with van der Waals surface area (Å²) in [6, 6.07) is 4.75. The van der Waals surface area contributed by atoms with E-state index in [0.29, 0.717) is 26.2 Å². The number of aliphatic hydroxyl groups is 1. The fourth-order valence-corrected chi connectivity index (χ4v) is 3.38. The monoisotopic (exact) mass is 300 g/mol. The lowest BCUT2D eigenvalue weighted by Gasteiger charge is -2.39. The van der Waals surface area contributed by atoms with Crippen molar-refractivity contribution in [2.24, 2.45) is 5.92 Å². The van der Waals surface area contributed by atoms with Crippen LogP contribution in [0.25, 0.3) is 0 Å². The second kappa shape index (κ2) is 5.60. The molecule has 2 aliphatic heterocycles. The van der Waals surface area contributed by atoms with Gasteiger partial charge in [0.15, 0.2) is 0 Å². The van der Waals surface area contributed by atoms with Crippen molar-refractivity contribution in [3.8, 4) is 0 Å². The van der Waals surface area contributed by atoms with Gasteiger partial charge in [0.2, 0.25) is 0 Å². The van der Waals surface area contributed by atoms with Crippen molar-refractivity contribution in [1.29, 1.82) is 0 Å². The first-order chi connectivity index (χ1) is 9.61. The summed E-state index contributed by atoms with van der Waals surface area (Å²) >= 11 is 5.79. The molecule has 20 heavy (non-hydrogen) atoms. The Morgan fingerprint density at radius 3 is 3.00 bits per heavy atom. The molecule has 110 valence electrons. The van der Waals surface area contributed by atoms with Gasteiger partial charge >= 0.3 is 0 Å². The lowest BCUT2D eigenvalue weighted by atomic mass is 9.80. The Hall–Kier alpha value is -0.680. The summed E-state index contributed by atoms with van der Waals surface area (Å²) in [5.41, 5.74) is -0.0164. The van der Waals surface area contributed by atoms with E-state index in [2.05, 4.69) is 0 Å². The van der Waals surface area contributed by atoms with E-state index < -0.39 is 11.9 Å². The maximum Gasteiger partial charge on any atom is 0.147 e. The Kier molecular flexibility index (Phi) is 4.00. The molecule has 3 atom stereocenters. The molecule has 1 spiro atoms. The number of ether oxygens (including phenoxy) is 2. The number of hydrogen-bond acceptors (Lipinski definition) is 3. The predicted octanol–water partition coefficient (Wildman–Crippen LogP) is 3.10. The van der Waals surface area contributed by atoms with Crippen LogP contribution in [0.2, 0.25) is 5.02 Å². The summed E-state index contributed by atoms with van der Waals surface area (Å²) < 4.78 is 25.3. The first kappa shape index (κ1) is 14.3. The van der Waals surface area contributed by atoms with Crippen molar-refractivity contribution < 1.29 is 19.0 Å². The van der Waals surface area contributed by atoms with Crippen molar-refractivity contribution in [1.82, 2.24) is 0 Å². The Labute approximate surface area is 122 Å². The van der Waals surface area contributed by atoms with E-state index >= 15 is 0 Å². The third kappa shape index (κ3) is 2.58. The van der Waals surface area contributed by atoms with Gasteiger partial charge in [-0.15, -0.1) is 0 Å². The molecule has 2 aliphatic rings. The molecule has 0 aliphatic carbocycles. The number of benzene rings is 1. The molecule has 1 N–H and O–H groups in total. The first-order valence-electron chi connectivity index (χ1n) is 6.95. The quantitative estimate of drug-likeness (QED) is 0.912. The van der Waals surface area contributed by atoms with Gasteiger partial charge < -0.3 is 14.6 Å². The van der Waals surface area contributed by atoms with E-state index in [4.69, 9.17) is 21.1 Å². The molecule has 1 aromatic carbocycles. The van der Waals surface area contributed by atoms with Crippen LogP contribution in [0.5, 0.6) is 0 Å². The molecule has 0 aromatic heterocycles. The van der Waals surface area contributed by atoms with E-state index in [-0.39, 0.29) is 22.1 Å². The van der Waals surface area contributed by atoms with Crippen LogP contribution in [0.3, 0.4) is 0 Å². The minimum absolute atomic E-state index is 0.0292. The van der Waals surface area contributed by atoms with E-state index in [1.165, 1.54) is 6.07 Å². The van der Waals surface area contributed by atoms with E-state index in [9.17, 15) is 9.50 Å². The number of halogens is 2. The molecule has 0 bridgehead atoms. The molecule has 2 saturated heterocycles. The van der Waals surface area contributed by atoms with Crippen LogP contribution in [0, 0.1) is 11.7 Å². The third-order valence-corrected chi connectivity index (χ3v) is 4.64. The average molecular weight is 301 g/mol. The smallest absolute Gasteiger partial charge is 0.147 e. The molecule has 0 saturated carbocycles. The van der Waals surface area contributed by atoms with Crippen LogP contribution in [0.1, 0.15) is 30.9 Å². The van der Waals surface area contributed by atoms with Gasteiger partial charge in [-0.05, 0) is 24.8 Å². The van der Waals surface area contributed by atoms with Gasteiger partial charge in [-0.25, -0.2) is 4.39 Å². The van der Waals surface area contributed by atoms with Crippen molar-refractivity contribution in [2.75, 3.05) is 19.8 Å². The molecule has 3 unspecified atom stereocenters. The molecular formula is C15H18ClFO3. The highest BCUT2D eigenvalue weighted by molar-refractivity contribution is 6.30. The molecule has 3 rings (SSSR count). The molecule has 2 heterocycles. The summed E-state index contributed by atoms with van der Waals surface area (Å²) in [6.45, 7) is 1.83. The van der Waals surface area contributed by atoms with Crippen LogP contribution in [-0.2, 0) is 9.47 Å². The van der Waals surface area contributed by atoms with E-state index in [1.54, 1.807) is 12.1 Å². The van der Waals surface area contributed by atoms with Gasteiger partial charge in [-0.2, -0.15) is 0 Å². The summed E-state index contributed by atoms with van der Waals surface area (Å²) in [5, 5.41) is 10.5. The maximum absolute atomic E-state index is 14.0. The largest absolute Gasteiger partial charge is 0.388 e. The van der Waals surface area contributed by atoms with Gasteiger partial charge in [0.25, 0.3) is 0 Å². The topological polar surface area (TPSA) is 38.7 Å². The minimum Gasteiger partial charge on any atom is -0.388 e. The molecule has 0 amide bonds. The lowest BCUT2D eigenvalue weighted by molar-refractivity contribution is -0.117. The number of aliphatic hydroxyl groups excluding tert-OH is 1. The predicted molar refractivity (Wildman–Crippen MR) is 73.2 cm³/mol. The molecule has 3 nitrogen and oxygen atoms in total. The van der Waals surface area contributed by atoms with Crippen LogP contribution in [0.4, 0.5) is 4.39 Å². The van der Waals surface area contributed by atoms with Crippen molar-refractivity contribution >= 4 is 11.6 Å². The Morgan fingerprint density at radius 1 is 1.40 bits per heavy atom. The Morgan fingerprint density at radius 2 is 2.25 bits per heavy atom. The van der Waals surface area contributed by atoms with E-state index in [0.717, 1.165) is 12.8 Å². The van der Waals surface area contributed by atoms with Gasteiger partial charge in [0.05, 0.1) is 23.3 Å².